The minimum Gasteiger partial charge on any atom is -0.439 e. The van der Waals surface area contributed by atoms with Gasteiger partial charge in [-0.2, -0.15) is 18.3 Å². The molecule has 40 heavy (non-hydrogen) atoms. The highest BCUT2D eigenvalue weighted by Crippen LogP contribution is 2.31. The number of rotatable bonds is 11. The van der Waals surface area contributed by atoms with Crippen LogP contribution in [0.1, 0.15) is 31.9 Å². The van der Waals surface area contributed by atoms with Crippen molar-refractivity contribution in [2.75, 3.05) is 11.1 Å². The summed E-state index contributed by atoms with van der Waals surface area (Å²) in [4.78, 5) is 4.08. The number of sulfonamides is 1. The summed E-state index contributed by atoms with van der Waals surface area (Å²) in [6, 6.07) is 20.1. The van der Waals surface area contributed by atoms with E-state index in [1.807, 2.05) is 43.3 Å². The fourth-order valence-corrected chi connectivity index (χ4v) is 5.48. The molecule has 0 aliphatic carbocycles. The zero-order valence-corrected chi connectivity index (χ0v) is 23.1. The molecule has 0 fully saturated rings. The first kappa shape index (κ1) is 29.1. The summed E-state index contributed by atoms with van der Waals surface area (Å²) in [5, 5.41) is 7.91. The number of hydrogen-bond donors (Lipinski definition) is 2. The Morgan fingerprint density at radius 3 is 2.40 bits per heavy atom. The highest BCUT2D eigenvalue weighted by atomic mass is 32.2. The van der Waals surface area contributed by atoms with Gasteiger partial charge in [0, 0.05) is 37.1 Å². The maximum absolute atomic E-state index is 12.7. The second-order valence-corrected chi connectivity index (χ2v) is 11.4. The average Bonchev–Trinajstić information content (AvgIpc) is 3.30. The van der Waals surface area contributed by atoms with Crippen LogP contribution in [0.15, 0.2) is 79.1 Å². The predicted octanol–water partition coefficient (Wildman–Crippen LogP) is 6.09. The van der Waals surface area contributed by atoms with Gasteiger partial charge in [0.25, 0.3) is 0 Å². The Hall–Kier alpha value is -3.90. The number of ether oxygens (including phenoxy) is 1. The lowest BCUT2D eigenvalue weighted by Gasteiger charge is -2.27. The van der Waals surface area contributed by atoms with E-state index in [0.717, 1.165) is 11.3 Å². The molecular weight excluding hydrogens is 543 g/mol. The third kappa shape index (κ3) is 7.82. The maximum Gasteiger partial charge on any atom is 0.404 e. The van der Waals surface area contributed by atoms with Crippen LogP contribution >= 0.6 is 0 Å². The number of anilines is 1. The Bertz CT molecular complexity index is 1540. The minimum absolute atomic E-state index is 0.486. The van der Waals surface area contributed by atoms with Gasteiger partial charge in [-0.25, -0.2) is 17.8 Å². The van der Waals surface area contributed by atoms with E-state index in [1.54, 1.807) is 47.4 Å². The molecule has 4 rings (SSSR count). The van der Waals surface area contributed by atoms with Gasteiger partial charge >= 0.3 is 6.18 Å². The molecule has 2 N–H and O–H groups in total. The summed E-state index contributed by atoms with van der Waals surface area (Å²) < 4.78 is 72.3. The van der Waals surface area contributed by atoms with Crippen molar-refractivity contribution < 1.29 is 26.3 Å². The fourth-order valence-electron chi connectivity index (χ4n) is 4.08. The van der Waals surface area contributed by atoms with Gasteiger partial charge in [-0.3, -0.25) is 4.98 Å². The molecule has 2 heterocycles. The second kappa shape index (κ2) is 11.7. The molecule has 0 bridgehead atoms. The van der Waals surface area contributed by atoms with E-state index >= 15 is 0 Å². The zero-order valence-electron chi connectivity index (χ0n) is 22.2. The van der Waals surface area contributed by atoms with Crippen molar-refractivity contribution in [3.8, 4) is 22.9 Å². The molecule has 0 aliphatic rings. The first-order valence-electron chi connectivity index (χ1n) is 12.5. The Kier molecular flexibility index (Phi) is 8.50. The fraction of sp³-hybridized carbons (Fsp3) is 0.286. The lowest BCUT2D eigenvalue weighted by molar-refractivity contribution is -0.106. The van der Waals surface area contributed by atoms with Crippen LogP contribution < -0.4 is 14.8 Å². The average molecular weight is 574 g/mol. The molecule has 212 valence electrons. The van der Waals surface area contributed by atoms with Crippen LogP contribution in [-0.4, -0.2) is 35.1 Å². The summed E-state index contributed by atoms with van der Waals surface area (Å²) in [6.45, 7) is 6.10. The van der Waals surface area contributed by atoms with E-state index in [0.29, 0.717) is 41.5 Å². The number of pyridine rings is 1. The molecule has 2 aromatic carbocycles. The third-order valence-corrected chi connectivity index (χ3v) is 7.52. The normalized spacial score (nSPS) is 12.3. The Morgan fingerprint density at radius 1 is 1.00 bits per heavy atom. The molecule has 0 radical (unpaired) electrons. The van der Waals surface area contributed by atoms with Gasteiger partial charge in [0.15, 0.2) is 5.75 Å². The number of aromatic nitrogens is 3. The van der Waals surface area contributed by atoms with Crippen LogP contribution in [-0.2, 0) is 28.7 Å². The molecule has 8 nitrogen and oxygen atoms in total. The number of halogens is 3. The van der Waals surface area contributed by atoms with Crippen LogP contribution in [0.4, 0.5) is 18.9 Å². The van der Waals surface area contributed by atoms with Gasteiger partial charge in [0.05, 0.1) is 16.9 Å². The maximum atomic E-state index is 12.7. The van der Waals surface area contributed by atoms with E-state index in [4.69, 9.17) is 4.74 Å². The number of hydrogen-bond acceptors (Lipinski definition) is 6. The zero-order chi connectivity index (χ0) is 29.0. The lowest BCUT2D eigenvalue weighted by Crippen LogP contribution is -2.44. The highest BCUT2D eigenvalue weighted by Gasteiger charge is 2.38. The monoisotopic (exact) mass is 573 g/mol. The van der Waals surface area contributed by atoms with Crippen LogP contribution in [0.2, 0.25) is 0 Å². The third-order valence-electron chi connectivity index (χ3n) is 5.99. The van der Waals surface area contributed by atoms with Crippen molar-refractivity contribution in [3.63, 3.8) is 0 Å². The number of aryl methyl sites for hydroxylation is 1. The smallest absolute Gasteiger partial charge is 0.404 e. The molecule has 0 saturated heterocycles. The van der Waals surface area contributed by atoms with Gasteiger partial charge in [-0.1, -0.05) is 30.3 Å². The van der Waals surface area contributed by atoms with Crippen molar-refractivity contribution in [2.45, 2.75) is 45.6 Å². The number of nitrogens with zero attached hydrogens (tertiary/aromatic N) is 3. The minimum atomic E-state index is -4.84. The van der Waals surface area contributed by atoms with E-state index in [2.05, 4.69) is 20.1 Å². The largest absolute Gasteiger partial charge is 0.439 e. The highest BCUT2D eigenvalue weighted by molar-refractivity contribution is 7.89. The van der Waals surface area contributed by atoms with Crippen LogP contribution in [0.5, 0.6) is 11.6 Å². The van der Waals surface area contributed by atoms with Crippen molar-refractivity contribution in [1.29, 1.82) is 0 Å². The second-order valence-electron chi connectivity index (χ2n) is 9.71. The SMILES string of the molecule is CCn1nc(-c2cccc(C(C)(C)NS(=O)(=O)CC(F)(F)F)c2)cc1Oc1ccc(CNc2cccnc2)cc1. The molecule has 0 unspecified atom stereocenters. The van der Waals surface area contributed by atoms with E-state index in [-0.39, 0.29) is 0 Å². The number of nitrogens with one attached hydrogen (secondary N) is 2. The van der Waals surface area contributed by atoms with Crippen molar-refractivity contribution >= 4 is 15.7 Å². The molecular formula is C28H30F3N5O3S. The first-order valence-corrected chi connectivity index (χ1v) is 14.2. The van der Waals surface area contributed by atoms with E-state index in [9.17, 15) is 21.6 Å². The Labute approximate surface area is 231 Å². The summed E-state index contributed by atoms with van der Waals surface area (Å²) in [6.07, 6.45) is -1.37. The number of alkyl halides is 3. The quantitative estimate of drug-likeness (QED) is 0.226. The van der Waals surface area contributed by atoms with E-state index in [1.165, 1.54) is 13.8 Å². The molecule has 2 aromatic heterocycles. The van der Waals surface area contributed by atoms with Gasteiger partial charge in [-0.05, 0) is 62.2 Å². The van der Waals surface area contributed by atoms with Crippen molar-refractivity contribution in [1.82, 2.24) is 19.5 Å². The van der Waals surface area contributed by atoms with Crippen molar-refractivity contribution in [3.05, 3.63) is 90.3 Å². The topological polar surface area (TPSA) is 98.1 Å². The molecule has 0 amide bonds. The molecule has 0 atom stereocenters. The molecule has 0 aliphatic heterocycles. The molecule has 0 spiro atoms. The van der Waals surface area contributed by atoms with Gasteiger partial charge in [-0.15, -0.1) is 0 Å². The first-order chi connectivity index (χ1) is 18.8. The van der Waals surface area contributed by atoms with Crippen LogP contribution in [0, 0.1) is 0 Å². The summed E-state index contributed by atoms with van der Waals surface area (Å²) >= 11 is 0. The van der Waals surface area contributed by atoms with Gasteiger partial charge in [0.2, 0.25) is 15.9 Å². The lowest BCUT2D eigenvalue weighted by atomic mass is 9.93. The molecule has 0 saturated carbocycles. The molecule has 4 aromatic rings. The predicted molar refractivity (Wildman–Crippen MR) is 147 cm³/mol. The summed E-state index contributed by atoms with van der Waals surface area (Å²) in [5.41, 5.74) is 2.42. The summed E-state index contributed by atoms with van der Waals surface area (Å²) in [7, 11) is -4.61. The van der Waals surface area contributed by atoms with Crippen molar-refractivity contribution in [2.24, 2.45) is 0 Å². The summed E-state index contributed by atoms with van der Waals surface area (Å²) in [5.74, 6) is -0.818. The standard InChI is InChI=1S/C28H30F3N5O3S/c1-4-36-26(39-24-12-10-20(11-13-24)17-33-23-9-6-14-32-18-23)16-25(34-36)21-7-5-8-22(15-21)27(2,3)35-40(37,38)19-28(29,30)31/h5-16,18,33,35H,4,17,19H2,1-3H3. The van der Waals surface area contributed by atoms with Crippen LogP contribution in [0.25, 0.3) is 11.3 Å². The van der Waals surface area contributed by atoms with Crippen LogP contribution in [0.3, 0.4) is 0 Å². The van der Waals surface area contributed by atoms with Gasteiger partial charge < -0.3 is 10.1 Å². The Morgan fingerprint density at radius 2 is 1.75 bits per heavy atom. The van der Waals surface area contributed by atoms with E-state index < -0.39 is 27.5 Å². The number of benzene rings is 2. The molecule has 12 heteroatoms. The van der Waals surface area contributed by atoms with Gasteiger partial charge in [0.1, 0.15) is 5.75 Å². The Balaban J connectivity index is 1.49.